The molecule has 1 nitrogen and oxygen atoms in total. The zero-order valence-corrected chi connectivity index (χ0v) is 17.0. The molecule has 3 aromatic rings. The van der Waals surface area contributed by atoms with E-state index in [0.29, 0.717) is 10.0 Å². The monoisotopic (exact) mass is 383 g/mol. The molecule has 0 aliphatic heterocycles. The third-order valence-corrected chi connectivity index (χ3v) is 6.24. The SMILES string of the molecule is CC(=Cn1c2c(c3cc(C)ccc31)CCC(C)C2)c1ccc(Cl)c(Cl)c1. The van der Waals surface area contributed by atoms with Crippen molar-refractivity contribution in [2.75, 3.05) is 0 Å². The fraction of sp³-hybridized carbons (Fsp3) is 0.304. The first-order chi connectivity index (χ1) is 12.4. The molecular weight excluding hydrogens is 361 g/mol. The van der Waals surface area contributed by atoms with Crippen LogP contribution in [0.5, 0.6) is 0 Å². The molecule has 0 spiro atoms. The molecule has 0 bridgehead atoms. The molecule has 0 N–H and O–H groups in total. The number of benzene rings is 2. The molecule has 1 heterocycles. The Morgan fingerprint density at radius 3 is 2.69 bits per heavy atom. The van der Waals surface area contributed by atoms with Crippen molar-refractivity contribution in [1.29, 1.82) is 0 Å². The summed E-state index contributed by atoms with van der Waals surface area (Å²) in [5.41, 5.74) is 7.90. The Morgan fingerprint density at radius 2 is 1.92 bits per heavy atom. The van der Waals surface area contributed by atoms with E-state index in [9.17, 15) is 0 Å². The highest BCUT2D eigenvalue weighted by Crippen LogP contribution is 2.36. The Hall–Kier alpha value is -1.70. The lowest BCUT2D eigenvalue weighted by molar-refractivity contribution is 0.493. The molecule has 0 radical (unpaired) electrons. The third kappa shape index (κ3) is 3.08. The fourth-order valence-electron chi connectivity index (χ4n) is 4.03. The highest BCUT2D eigenvalue weighted by atomic mass is 35.5. The molecule has 1 unspecified atom stereocenters. The minimum atomic E-state index is 0.594. The number of rotatable bonds is 2. The average molecular weight is 384 g/mol. The number of halogens is 2. The van der Waals surface area contributed by atoms with Gasteiger partial charge in [0.15, 0.2) is 0 Å². The second-order valence-electron chi connectivity index (χ2n) is 7.60. The van der Waals surface area contributed by atoms with Gasteiger partial charge in [0.2, 0.25) is 0 Å². The van der Waals surface area contributed by atoms with Crippen molar-refractivity contribution < 1.29 is 0 Å². The van der Waals surface area contributed by atoms with Crippen LogP contribution in [0.1, 0.15) is 42.7 Å². The number of allylic oxidation sites excluding steroid dienone is 1. The van der Waals surface area contributed by atoms with Gasteiger partial charge in [-0.05, 0) is 80.0 Å². The summed E-state index contributed by atoms with van der Waals surface area (Å²) in [5, 5.41) is 2.60. The van der Waals surface area contributed by atoms with Crippen LogP contribution in [0.3, 0.4) is 0 Å². The van der Waals surface area contributed by atoms with E-state index in [1.165, 1.54) is 46.1 Å². The molecule has 3 heteroatoms. The highest BCUT2D eigenvalue weighted by Gasteiger charge is 2.23. The Kier molecular flexibility index (Phi) is 4.62. The molecule has 2 aromatic carbocycles. The van der Waals surface area contributed by atoms with Crippen molar-refractivity contribution in [1.82, 2.24) is 4.57 Å². The molecule has 1 aliphatic carbocycles. The van der Waals surface area contributed by atoms with Crippen molar-refractivity contribution in [3.05, 3.63) is 68.8 Å². The van der Waals surface area contributed by atoms with Gasteiger partial charge in [-0.25, -0.2) is 0 Å². The molecule has 1 aromatic heterocycles. The summed E-state index contributed by atoms with van der Waals surface area (Å²) < 4.78 is 2.40. The molecule has 0 amide bonds. The van der Waals surface area contributed by atoms with E-state index in [-0.39, 0.29) is 0 Å². The van der Waals surface area contributed by atoms with E-state index in [4.69, 9.17) is 23.2 Å². The first-order valence-corrected chi connectivity index (χ1v) is 9.96. The molecule has 26 heavy (non-hydrogen) atoms. The van der Waals surface area contributed by atoms with Crippen LogP contribution in [-0.4, -0.2) is 4.57 Å². The quantitative estimate of drug-likeness (QED) is 0.434. The van der Waals surface area contributed by atoms with E-state index in [0.717, 1.165) is 17.9 Å². The standard InChI is InChI=1S/C23H23Cl2N/c1-14-5-9-22-19(10-14)18-7-4-15(2)11-23(18)26(22)13-16(3)17-6-8-20(24)21(25)12-17/h5-6,8-10,12-13,15H,4,7,11H2,1-3H3. The first-order valence-electron chi connectivity index (χ1n) is 9.20. The first kappa shape index (κ1) is 17.7. The fourth-order valence-corrected chi connectivity index (χ4v) is 4.33. The van der Waals surface area contributed by atoms with Crippen LogP contribution in [0.25, 0.3) is 22.7 Å². The van der Waals surface area contributed by atoms with Crippen LogP contribution < -0.4 is 0 Å². The molecule has 0 saturated heterocycles. The summed E-state index contributed by atoms with van der Waals surface area (Å²) in [6, 6.07) is 12.6. The second-order valence-corrected chi connectivity index (χ2v) is 8.42. The van der Waals surface area contributed by atoms with Crippen LogP contribution in [0.15, 0.2) is 36.4 Å². The van der Waals surface area contributed by atoms with E-state index in [1.807, 2.05) is 18.2 Å². The second kappa shape index (κ2) is 6.79. The van der Waals surface area contributed by atoms with Crippen molar-refractivity contribution >= 4 is 45.9 Å². The highest BCUT2D eigenvalue weighted by molar-refractivity contribution is 6.42. The van der Waals surface area contributed by atoms with E-state index in [2.05, 4.69) is 49.7 Å². The van der Waals surface area contributed by atoms with Crippen molar-refractivity contribution in [2.24, 2.45) is 5.92 Å². The summed E-state index contributed by atoms with van der Waals surface area (Å²) in [6.07, 6.45) is 5.83. The zero-order valence-electron chi connectivity index (χ0n) is 15.4. The minimum absolute atomic E-state index is 0.594. The van der Waals surface area contributed by atoms with Gasteiger partial charge in [-0.2, -0.15) is 0 Å². The summed E-state index contributed by atoms with van der Waals surface area (Å²) >= 11 is 12.3. The van der Waals surface area contributed by atoms with Crippen molar-refractivity contribution in [2.45, 2.75) is 40.0 Å². The van der Waals surface area contributed by atoms with Gasteiger partial charge in [-0.3, -0.25) is 0 Å². The summed E-state index contributed by atoms with van der Waals surface area (Å²) in [7, 11) is 0. The van der Waals surface area contributed by atoms with Gasteiger partial charge in [-0.1, -0.05) is 47.8 Å². The van der Waals surface area contributed by atoms with Gasteiger partial charge in [0.1, 0.15) is 0 Å². The van der Waals surface area contributed by atoms with Gasteiger partial charge in [0, 0.05) is 17.3 Å². The lowest BCUT2D eigenvalue weighted by atomic mass is 9.88. The number of aromatic nitrogens is 1. The third-order valence-electron chi connectivity index (χ3n) is 5.50. The molecule has 4 rings (SSSR count). The summed E-state index contributed by atoms with van der Waals surface area (Å²) in [5.74, 6) is 0.727. The van der Waals surface area contributed by atoms with Crippen molar-refractivity contribution in [3.63, 3.8) is 0 Å². The van der Waals surface area contributed by atoms with Gasteiger partial charge >= 0.3 is 0 Å². The summed E-state index contributed by atoms with van der Waals surface area (Å²) in [4.78, 5) is 0. The van der Waals surface area contributed by atoms with Gasteiger partial charge < -0.3 is 4.57 Å². The van der Waals surface area contributed by atoms with Gasteiger partial charge in [-0.15, -0.1) is 0 Å². The van der Waals surface area contributed by atoms with Gasteiger partial charge in [0.25, 0.3) is 0 Å². The molecular formula is C23H23Cl2N. The largest absolute Gasteiger partial charge is 0.320 e. The lowest BCUT2D eigenvalue weighted by Gasteiger charge is -2.20. The van der Waals surface area contributed by atoms with Crippen LogP contribution >= 0.6 is 23.2 Å². The summed E-state index contributed by atoms with van der Waals surface area (Å²) in [6.45, 7) is 6.66. The molecule has 1 aliphatic rings. The normalized spacial score (nSPS) is 17.6. The van der Waals surface area contributed by atoms with Gasteiger partial charge in [0.05, 0.1) is 15.6 Å². The zero-order chi connectivity index (χ0) is 18.4. The van der Waals surface area contributed by atoms with Crippen molar-refractivity contribution in [3.8, 4) is 0 Å². The Bertz CT molecular complexity index is 1030. The number of hydrogen-bond acceptors (Lipinski definition) is 0. The average Bonchev–Trinajstić information content (AvgIpc) is 2.89. The lowest BCUT2D eigenvalue weighted by Crippen LogP contribution is -2.12. The Morgan fingerprint density at radius 1 is 1.12 bits per heavy atom. The number of fused-ring (bicyclic) bond motifs is 3. The molecule has 134 valence electrons. The maximum atomic E-state index is 6.22. The van der Waals surface area contributed by atoms with E-state index >= 15 is 0 Å². The number of nitrogens with zero attached hydrogens (tertiary/aromatic N) is 1. The smallest absolute Gasteiger partial charge is 0.0598 e. The Balaban J connectivity index is 1.90. The molecule has 0 fully saturated rings. The maximum absolute atomic E-state index is 6.22. The molecule has 1 atom stereocenters. The van der Waals surface area contributed by atoms with Crippen LogP contribution in [0.2, 0.25) is 10.0 Å². The van der Waals surface area contributed by atoms with Crippen LogP contribution in [0.4, 0.5) is 0 Å². The predicted molar refractivity (Wildman–Crippen MR) is 114 cm³/mol. The van der Waals surface area contributed by atoms with Crippen LogP contribution in [0, 0.1) is 12.8 Å². The molecule has 0 saturated carbocycles. The minimum Gasteiger partial charge on any atom is -0.320 e. The number of aryl methyl sites for hydroxylation is 2. The maximum Gasteiger partial charge on any atom is 0.0598 e. The Labute approximate surface area is 165 Å². The van der Waals surface area contributed by atoms with E-state index in [1.54, 1.807) is 0 Å². The van der Waals surface area contributed by atoms with E-state index < -0.39 is 0 Å². The topological polar surface area (TPSA) is 4.93 Å². The predicted octanol–water partition coefficient (Wildman–Crippen LogP) is 7.40. The number of hydrogen-bond donors (Lipinski definition) is 0. The van der Waals surface area contributed by atoms with Crippen LogP contribution in [-0.2, 0) is 12.8 Å².